The molecule has 0 aromatic carbocycles. The van der Waals surface area contributed by atoms with Gasteiger partial charge in [0.05, 0.1) is 11.9 Å². The Morgan fingerprint density at radius 2 is 1.41 bits per heavy atom. The molecule has 0 aliphatic carbocycles. The summed E-state index contributed by atoms with van der Waals surface area (Å²) in [5, 5.41) is 2.56. The van der Waals surface area contributed by atoms with Gasteiger partial charge in [-0.3, -0.25) is 4.98 Å². The smallest absolute Gasteiger partial charge is 0.425 e. The van der Waals surface area contributed by atoms with E-state index in [0.29, 0.717) is 19.5 Å². The van der Waals surface area contributed by atoms with Gasteiger partial charge in [-0.1, -0.05) is 0 Å². The van der Waals surface area contributed by atoms with Crippen molar-refractivity contribution < 1.29 is 35.8 Å². The number of hydrogen-bond acceptors (Lipinski definition) is 7. The van der Waals surface area contributed by atoms with Gasteiger partial charge in [-0.2, -0.15) is 36.3 Å². The summed E-state index contributed by atoms with van der Waals surface area (Å²) >= 11 is 0. The van der Waals surface area contributed by atoms with Gasteiger partial charge in [0, 0.05) is 6.20 Å². The van der Waals surface area contributed by atoms with E-state index < -0.39 is 36.6 Å². The monoisotopic (exact) mass is 397 g/mol. The van der Waals surface area contributed by atoms with Crippen LogP contribution in [-0.2, 0) is 0 Å². The molecule has 0 bridgehead atoms. The van der Waals surface area contributed by atoms with Gasteiger partial charge in [-0.25, -0.2) is 0 Å². The molecule has 2 unspecified atom stereocenters. The van der Waals surface area contributed by atoms with Gasteiger partial charge >= 0.3 is 24.4 Å². The standard InChI is InChI=1S/C14H13F6N5O2/c1-7(13(15,16)17)26-11-23-10(22-9-4-3-5-21-6-9)24-12(25-11)27-8(2)14(18,19)20/h3-8H,1-2H3,(H,22,23,24,25). The van der Waals surface area contributed by atoms with E-state index in [9.17, 15) is 26.3 Å². The van der Waals surface area contributed by atoms with Gasteiger partial charge in [0.15, 0.2) is 12.2 Å². The quantitative estimate of drug-likeness (QED) is 0.745. The van der Waals surface area contributed by atoms with Crippen LogP contribution in [0.4, 0.5) is 38.0 Å². The van der Waals surface area contributed by atoms with Gasteiger partial charge in [0.25, 0.3) is 0 Å². The first-order chi connectivity index (χ1) is 12.4. The van der Waals surface area contributed by atoms with Gasteiger partial charge in [0.2, 0.25) is 5.95 Å². The molecule has 0 saturated heterocycles. The summed E-state index contributed by atoms with van der Waals surface area (Å²) < 4.78 is 85.0. The minimum atomic E-state index is -4.73. The molecule has 13 heteroatoms. The van der Waals surface area contributed by atoms with E-state index in [0.717, 1.165) is 0 Å². The fraction of sp³-hybridized carbons (Fsp3) is 0.429. The van der Waals surface area contributed by atoms with Crippen molar-refractivity contribution in [1.29, 1.82) is 0 Å². The molecule has 0 amide bonds. The minimum absolute atomic E-state index is 0.327. The molecule has 0 spiro atoms. The van der Waals surface area contributed by atoms with E-state index in [4.69, 9.17) is 0 Å². The number of hydrogen-bond donors (Lipinski definition) is 1. The third-order valence-electron chi connectivity index (χ3n) is 3.00. The van der Waals surface area contributed by atoms with Crippen molar-refractivity contribution in [2.75, 3.05) is 5.32 Å². The number of pyridine rings is 1. The summed E-state index contributed by atoms with van der Waals surface area (Å²) in [6, 6.07) is 1.35. The predicted octanol–water partition coefficient (Wildman–Crippen LogP) is 3.67. The van der Waals surface area contributed by atoms with E-state index in [-0.39, 0.29) is 5.95 Å². The number of ether oxygens (including phenoxy) is 2. The molecule has 0 aliphatic rings. The number of aromatic nitrogens is 4. The fourth-order valence-electron chi connectivity index (χ4n) is 1.51. The van der Waals surface area contributed by atoms with Crippen LogP contribution in [0.3, 0.4) is 0 Å². The summed E-state index contributed by atoms with van der Waals surface area (Å²) in [7, 11) is 0. The molecule has 0 saturated carbocycles. The Kier molecular flexibility index (Phi) is 5.91. The van der Waals surface area contributed by atoms with Crippen LogP contribution < -0.4 is 14.8 Å². The minimum Gasteiger partial charge on any atom is -0.451 e. The number of alkyl halides is 6. The molecule has 0 radical (unpaired) electrons. The SMILES string of the molecule is CC(Oc1nc(Nc2cccnc2)nc(OC(C)C(F)(F)F)n1)C(F)(F)F. The lowest BCUT2D eigenvalue weighted by atomic mass is 10.4. The number of anilines is 2. The van der Waals surface area contributed by atoms with Crippen molar-refractivity contribution in [2.24, 2.45) is 0 Å². The Bertz CT molecular complexity index is 716. The fourth-order valence-corrected chi connectivity index (χ4v) is 1.51. The molecule has 148 valence electrons. The molecule has 1 N–H and O–H groups in total. The molecule has 0 fully saturated rings. The highest BCUT2D eigenvalue weighted by Gasteiger charge is 2.40. The van der Waals surface area contributed by atoms with Crippen LogP contribution in [0.15, 0.2) is 24.5 Å². The maximum Gasteiger partial charge on any atom is 0.425 e. The van der Waals surface area contributed by atoms with Gasteiger partial charge in [-0.15, -0.1) is 4.98 Å². The van der Waals surface area contributed by atoms with Crippen LogP contribution >= 0.6 is 0 Å². The molecule has 27 heavy (non-hydrogen) atoms. The highest BCUT2D eigenvalue weighted by atomic mass is 19.4. The lowest BCUT2D eigenvalue weighted by Crippen LogP contribution is -2.33. The largest absolute Gasteiger partial charge is 0.451 e. The Balaban J connectivity index is 2.31. The molecule has 2 atom stereocenters. The maximum absolute atomic E-state index is 12.6. The number of halogens is 6. The van der Waals surface area contributed by atoms with Crippen LogP contribution in [-0.4, -0.2) is 44.5 Å². The van der Waals surface area contributed by atoms with Gasteiger partial charge < -0.3 is 14.8 Å². The Hall–Kier alpha value is -2.86. The first-order valence-electron chi connectivity index (χ1n) is 7.35. The lowest BCUT2D eigenvalue weighted by molar-refractivity contribution is -0.192. The zero-order chi connectivity index (χ0) is 20.2. The van der Waals surface area contributed by atoms with E-state index in [1.165, 1.54) is 24.5 Å². The summed E-state index contributed by atoms with van der Waals surface area (Å²) in [5.74, 6) is -0.383. The molecule has 0 aliphatic heterocycles. The van der Waals surface area contributed by atoms with Crippen molar-refractivity contribution in [3.63, 3.8) is 0 Å². The topological polar surface area (TPSA) is 82.0 Å². The molecule has 2 rings (SSSR count). The zero-order valence-corrected chi connectivity index (χ0v) is 13.8. The summed E-state index contributed by atoms with van der Waals surface area (Å²) in [4.78, 5) is 14.4. The van der Waals surface area contributed by atoms with E-state index >= 15 is 0 Å². The molecule has 7 nitrogen and oxygen atoms in total. The highest BCUT2D eigenvalue weighted by molar-refractivity contribution is 5.51. The van der Waals surface area contributed by atoms with Crippen LogP contribution in [0.5, 0.6) is 12.0 Å². The molecule has 2 heterocycles. The second kappa shape index (κ2) is 7.80. The Morgan fingerprint density at radius 3 is 1.81 bits per heavy atom. The average molecular weight is 397 g/mol. The van der Waals surface area contributed by atoms with Crippen molar-refractivity contribution in [1.82, 2.24) is 19.9 Å². The molecule has 2 aromatic heterocycles. The number of rotatable bonds is 6. The summed E-state index contributed by atoms with van der Waals surface area (Å²) in [6.07, 6.45) is -11.3. The second-order valence-corrected chi connectivity index (χ2v) is 5.19. The zero-order valence-electron chi connectivity index (χ0n) is 13.8. The van der Waals surface area contributed by atoms with Crippen LogP contribution in [0.25, 0.3) is 0 Å². The predicted molar refractivity (Wildman–Crippen MR) is 79.6 cm³/mol. The Morgan fingerprint density at radius 1 is 0.889 bits per heavy atom. The van der Waals surface area contributed by atoms with E-state index in [1.54, 1.807) is 0 Å². The maximum atomic E-state index is 12.6. The average Bonchev–Trinajstić information content (AvgIpc) is 2.53. The van der Waals surface area contributed by atoms with Crippen LogP contribution in [0, 0.1) is 0 Å². The van der Waals surface area contributed by atoms with Gasteiger partial charge in [-0.05, 0) is 26.0 Å². The third-order valence-corrected chi connectivity index (χ3v) is 3.00. The lowest BCUT2D eigenvalue weighted by Gasteiger charge is -2.19. The number of nitrogens with one attached hydrogen (secondary N) is 1. The normalized spacial score (nSPS) is 14.4. The summed E-state index contributed by atoms with van der Waals surface area (Å²) in [5.41, 5.74) is 0.327. The van der Waals surface area contributed by atoms with E-state index in [1.807, 2.05) is 0 Å². The second-order valence-electron chi connectivity index (χ2n) is 5.19. The number of nitrogens with zero attached hydrogens (tertiary/aromatic N) is 4. The summed E-state index contributed by atoms with van der Waals surface area (Å²) in [6.45, 7) is 1.38. The van der Waals surface area contributed by atoms with Crippen LogP contribution in [0.2, 0.25) is 0 Å². The first kappa shape index (κ1) is 20.5. The van der Waals surface area contributed by atoms with Crippen molar-refractivity contribution in [3.8, 4) is 12.0 Å². The molecular weight excluding hydrogens is 384 g/mol. The first-order valence-corrected chi connectivity index (χ1v) is 7.35. The van der Waals surface area contributed by atoms with Crippen molar-refractivity contribution in [2.45, 2.75) is 38.4 Å². The van der Waals surface area contributed by atoms with Crippen molar-refractivity contribution in [3.05, 3.63) is 24.5 Å². The van der Waals surface area contributed by atoms with Gasteiger partial charge in [0.1, 0.15) is 0 Å². The Labute approximate surface area is 148 Å². The third kappa shape index (κ3) is 6.11. The van der Waals surface area contributed by atoms with Crippen LogP contribution in [0.1, 0.15) is 13.8 Å². The van der Waals surface area contributed by atoms with Crippen molar-refractivity contribution >= 4 is 11.6 Å². The molecular formula is C14H13F6N5O2. The van der Waals surface area contributed by atoms with E-state index in [2.05, 4.69) is 34.7 Å². The molecule has 2 aromatic rings. The highest BCUT2D eigenvalue weighted by Crippen LogP contribution is 2.27.